The van der Waals surface area contributed by atoms with Gasteiger partial charge in [0.25, 0.3) is 5.91 Å². The highest BCUT2D eigenvalue weighted by atomic mass is 16.4. The van der Waals surface area contributed by atoms with Crippen molar-refractivity contribution >= 4 is 11.9 Å². The fourth-order valence-corrected chi connectivity index (χ4v) is 3.48. The Morgan fingerprint density at radius 3 is 2.52 bits per heavy atom. The van der Waals surface area contributed by atoms with E-state index in [4.69, 9.17) is 0 Å². The van der Waals surface area contributed by atoms with Gasteiger partial charge in [-0.25, -0.2) is 0 Å². The second-order valence-electron chi connectivity index (χ2n) is 6.20. The number of carboxylic acid groups (broad SMARTS) is 1. The van der Waals surface area contributed by atoms with Gasteiger partial charge in [0, 0.05) is 23.5 Å². The molecule has 2 rings (SSSR count). The second kappa shape index (κ2) is 5.92. The topological polar surface area (TPSA) is 71.3 Å². The Bertz CT molecular complexity index is 560. The third kappa shape index (κ3) is 2.96. The molecular formula is C16H24N2O3. The van der Waals surface area contributed by atoms with Crippen LogP contribution in [0.4, 0.5) is 0 Å². The monoisotopic (exact) mass is 292 g/mol. The minimum atomic E-state index is -0.814. The van der Waals surface area contributed by atoms with Crippen LogP contribution < -0.4 is 5.32 Å². The van der Waals surface area contributed by atoms with Crippen molar-refractivity contribution in [2.24, 2.45) is 5.92 Å². The van der Waals surface area contributed by atoms with E-state index in [-0.39, 0.29) is 11.9 Å². The van der Waals surface area contributed by atoms with Crippen molar-refractivity contribution in [3.05, 3.63) is 23.0 Å². The summed E-state index contributed by atoms with van der Waals surface area (Å²) in [6, 6.07) is 1.93. The number of carbonyl (C=O) groups is 2. The van der Waals surface area contributed by atoms with Crippen LogP contribution in [0, 0.1) is 19.8 Å². The van der Waals surface area contributed by atoms with Gasteiger partial charge in [0.05, 0.1) is 11.5 Å². The number of aryl methyl sites for hydroxylation is 1. The molecule has 0 bridgehead atoms. The molecule has 0 aliphatic heterocycles. The number of nitrogens with zero attached hydrogens (tertiary/aromatic N) is 1. The molecule has 0 radical (unpaired) electrons. The molecule has 0 saturated heterocycles. The minimum absolute atomic E-state index is 0.159. The second-order valence-corrected chi connectivity index (χ2v) is 6.20. The normalized spacial score (nSPS) is 21.8. The molecule has 116 valence electrons. The van der Waals surface area contributed by atoms with Crippen LogP contribution in [0.3, 0.4) is 0 Å². The van der Waals surface area contributed by atoms with Gasteiger partial charge >= 0.3 is 5.97 Å². The Morgan fingerprint density at radius 2 is 2.00 bits per heavy atom. The van der Waals surface area contributed by atoms with Crippen LogP contribution in [-0.2, 0) is 4.79 Å². The molecule has 1 saturated carbocycles. The van der Waals surface area contributed by atoms with E-state index < -0.39 is 11.9 Å². The Hall–Kier alpha value is -1.78. The van der Waals surface area contributed by atoms with Crippen LogP contribution in [0.2, 0.25) is 0 Å². The standard InChI is InChI=1S/C16H24N2O3/c1-9(2)18-10(3)8-13(11(18)4)15(19)17-14-7-5-6-12(14)16(20)21/h8-9,12,14H,5-7H2,1-4H3,(H,17,19)(H,20,21)/t12-,14+/m0/s1. The summed E-state index contributed by atoms with van der Waals surface area (Å²) in [6.45, 7) is 8.09. The van der Waals surface area contributed by atoms with Gasteiger partial charge in [-0.1, -0.05) is 6.42 Å². The lowest BCUT2D eigenvalue weighted by molar-refractivity contribution is -0.142. The highest BCUT2D eigenvalue weighted by molar-refractivity contribution is 5.96. The Balaban J connectivity index is 2.18. The summed E-state index contributed by atoms with van der Waals surface area (Å²) in [4.78, 5) is 23.6. The fraction of sp³-hybridized carbons (Fsp3) is 0.625. The molecule has 2 atom stereocenters. The van der Waals surface area contributed by atoms with E-state index in [2.05, 4.69) is 23.7 Å². The van der Waals surface area contributed by atoms with Crippen LogP contribution in [0.1, 0.15) is 60.9 Å². The predicted octanol–water partition coefficient (Wildman–Crippen LogP) is 2.67. The van der Waals surface area contributed by atoms with Crippen molar-refractivity contribution < 1.29 is 14.7 Å². The van der Waals surface area contributed by atoms with Crippen molar-refractivity contribution in [3.63, 3.8) is 0 Å². The summed E-state index contributed by atoms with van der Waals surface area (Å²) in [6.07, 6.45) is 2.24. The fourth-order valence-electron chi connectivity index (χ4n) is 3.48. The molecular weight excluding hydrogens is 268 g/mol. The quantitative estimate of drug-likeness (QED) is 0.896. The molecule has 1 aliphatic carbocycles. The van der Waals surface area contributed by atoms with Gasteiger partial charge in [-0.15, -0.1) is 0 Å². The van der Waals surface area contributed by atoms with Gasteiger partial charge in [-0.05, 0) is 46.6 Å². The van der Waals surface area contributed by atoms with Crippen molar-refractivity contribution in [3.8, 4) is 0 Å². The number of hydrogen-bond acceptors (Lipinski definition) is 2. The largest absolute Gasteiger partial charge is 0.481 e. The summed E-state index contributed by atoms with van der Waals surface area (Å²) in [5.74, 6) is -1.43. The van der Waals surface area contributed by atoms with Crippen molar-refractivity contribution in [2.75, 3.05) is 0 Å². The van der Waals surface area contributed by atoms with Gasteiger partial charge < -0.3 is 15.0 Å². The highest BCUT2D eigenvalue weighted by Gasteiger charge is 2.34. The molecule has 1 aliphatic rings. The first-order valence-electron chi connectivity index (χ1n) is 7.55. The van der Waals surface area contributed by atoms with Crippen LogP contribution in [0.25, 0.3) is 0 Å². The van der Waals surface area contributed by atoms with Crippen LogP contribution in [0.15, 0.2) is 6.07 Å². The third-order valence-electron chi connectivity index (χ3n) is 4.40. The van der Waals surface area contributed by atoms with Crippen LogP contribution in [0.5, 0.6) is 0 Å². The highest BCUT2D eigenvalue weighted by Crippen LogP contribution is 2.27. The number of amides is 1. The van der Waals surface area contributed by atoms with Crippen molar-refractivity contribution in [1.29, 1.82) is 0 Å². The third-order valence-corrected chi connectivity index (χ3v) is 4.40. The zero-order valence-corrected chi connectivity index (χ0v) is 13.1. The Labute approximate surface area is 125 Å². The van der Waals surface area contributed by atoms with Gasteiger partial charge in [-0.2, -0.15) is 0 Å². The molecule has 1 aromatic rings. The maximum Gasteiger partial charge on any atom is 0.308 e. The number of rotatable bonds is 4. The first-order chi connectivity index (χ1) is 9.82. The van der Waals surface area contributed by atoms with E-state index >= 15 is 0 Å². The average Bonchev–Trinajstić information content (AvgIpc) is 2.93. The SMILES string of the molecule is Cc1cc(C(=O)N[C@@H]2CCC[C@@H]2C(=O)O)c(C)n1C(C)C. The van der Waals surface area contributed by atoms with Crippen molar-refractivity contribution in [2.45, 2.75) is 59.0 Å². The van der Waals surface area contributed by atoms with E-state index in [9.17, 15) is 14.7 Å². The van der Waals surface area contributed by atoms with E-state index in [0.717, 1.165) is 24.2 Å². The average molecular weight is 292 g/mol. The molecule has 5 heteroatoms. The Kier molecular flexibility index (Phi) is 4.40. The summed E-state index contributed by atoms with van der Waals surface area (Å²) in [5, 5.41) is 12.1. The number of aliphatic carboxylic acids is 1. The van der Waals surface area contributed by atoms with Gasteiger partial charge in [0.2, 0.25) is 0 Å². The minimum Gasteiger partial charge on any atom is -0.481 e. The number of carbonyl (C=O) groups excluding carboxylic acids is 1. The maximum absolute atomic E-state index is 12.5. The lowest BCUT2D eigenvalue weighted by Crippen LogP contribution is -2.40. The zero-order valence-electron chi connectivity index (χ0n) is 13.1. The molecule has 5 nitrogen and oxygen atoms in total. The lowest BCUT2D eigenvalue weighted by Gasteiger charge is -2.18. The first kappa shape index (κ1) is 15.6. The van der Waals surface area contributed by atoms with Gasteiger partial charge in [0.15, 0.2) is 0 Å². The number of nitrogens with one attached hydrogen (secondary N) is 1. The molecule has 0 aromatic carbocycles. The zero-order chi connectivity index (χ0) is 15.7. The first-order valence-corrected chi connectivity index (χ1v) is 7.55. The van der Waals surface area contributed by atoms with E-state index in [1.165, 1.54) is 0 Å². The molecule has 1 fully saturated rings. The predicted molar refractivity (Wildman–Crippen MR) is 80.5 cm³/mol. The summed E-state index contributed by atoms with van der Waals surface area (Å²) < 4.78 is 2.12. The van der Waals surface area contributed by atoms with Gasteiger partial charge in [0.1, 0.15) is 0 Å². The maximum atomic E-state index is 12.5. The van der Waals surface area contributed by atoms with E-state index in [1.54, 1.807) is 0 Å². The molecule has 1 heterocycles. The van der Waals surface area contributed by atoms with Crippen LogP contribution >= 0.6 is 0 Å². The van der Waals surface area contributed by atoms with E-state index in [0.29, 0.717) is 18.0 Å². The van der Waals surface area contributed by atoms with Crippen molar-refractivity contribution in [1.82, 2.24) is 9.88 Å². The smallest absolute Gasteiger partial charge is 0.308 e. The Morgan fingerprint density at radius 1 is 1.33 bits per heavy atom. The summed E-state index contributed by atoms with van der Waals surface area (Å²) >= 11 is 0. The molecule has 1 aromatic heterocycles. The van der Waals surface area contributed by atoms with Gasteiger partial charge in [-0.3, -0.25) is 9.59 Å². The number of carboxylic acids is 1. The van der Waals surface area contributed by atoms with Crippen LogP contribution in [-0.4, -0.2) is 27.6 Å². The molecule has 1 amide bonds. The lowest BCUT2D eigenvalue weighted by atomic mass is 10.0. The van der Waals surface area contributed by atoms with E-state index in [1.807, 2.05) is 19.9 Å². The molecule has 2 N–H and O–H groups in total. The summed E-state index contributed by atoms with van der Waals surface area (Å²) in [5.41, 5.74) is 2.64. The molecule has 0 unspecified atom stereocenters. The number of hydrogen-bond donors (Lipinski definition) is 2. The summed E-state index contributed by atoms with van der Waals surface area (Å²) in [7, 11) is 0. The molecule has 21 heavy (non-hydrogen) atoms. The molecule has 0 spiro atoms. The number of aromatic nitrogens is 1.